The number of benzene rings is 1. The number of nitrogens with one attached hydrogen (secondary N) is 2. The number of hydrogen-bond donors (Lipinski definition) is 2. The van der Waals surface area contributed by atoms with Gasteiger partial charge in [0.05, 0.1) is 17.0 Å². The van der Waals surface area contributed by atoms with Gasteiger partial charge in [-0.2, -0.15) is 5.10 Å². The van der Waals surface area contributed by atoms with E-state index < -0.39 is 0 Å². The Bertz CT molecular complexity index is 1070. The fourth-order valence-electron chi connectivity index (χ4n) is 3.02. The summed E-state index contributed by atoms with van der Waals surface area (Å²) in [5, 5.41) is 6.91. The van der Waals surface area contributed by atoms with Crippen molar-refractivity contribution in [2.24, 2.45) is 5.92 Å². The van der Waals surface area contributed by atoms with Crippen molar-refractivity contribution in [3.63, 3.8) is 0 Å². The number of aromatic nitrogens is 7. The van der Waals surface area contributed by atoms with Crippen molar-refractivity contribution in [1.29, 1.82) is 0 Å². The van der Waals surface area contributed by atoms with Crippen LogP contribution in [-0.4, -0.2) is 53.7 Å². The van der Waals surface area contributed by atoms with E-state index in [0.29, 0.717) is 24.9 Å². The molecule has 3 aromatic heterocycles. The molecule has 0 radical (unpaired) electrons. The highest BCUT2D eigenvalue weighted by atomic mass is 16.2. The Balaban J connectivity index is 1.24. The standard InChI is InChI=1S/C17H15N9O/c27-16(24-17-22-12-3-1-2-4-13(12)23-17)11-6-25(7-11)14-5-15(20-9-19-14)26-10-18-8-21-26/h1-5,8-11H,6-7H2,(H2,22,23,24,27). The maximum absolute atomic E-state index is 12.4. The van der Waals surface area contributed by atoms with Crippen LogP contribution in [0.15, 0.2) is 49.3 Å². The van der Waals surface area contributed by atoms with Crippen LogP contribution in [0.2, 0.25) is 0 Å². The first-order valence-electron chi connectivity index (χ1n) is 8.44. The van der Waals surface area contributed by atoms with Gasteiger partial charge < -0.3 is 9.88 Å². The lowest BCUT2D eigenvalue weighted by atomic mass is 9.99. The fourth-order valence-corrected chi connectivity index (χ4v) is 3.02. The zero-order valence-corrected chi connectivity index (χ0v) is 14.1. The van der Waals surface area contributed by atoms with Crippen LogP contribution in [-0.2, 0) is 4.79 Å². The third kappa shape index (κ3) is 2.86. The average Bonchev–Trinajstić information content (AvgIpc) is 3.30. The van der Waals surface area contributed by atoms with Gasteiger partial charge in [0.15, 0.2) is 5.82 Å². The summed E-state index contributed by atoms with van der Waals surface area (Å²) in [6.45, 7) is 1.17. The number of carbonyl (C=O) groups excluding carboxylic acids is 1. The Kier molecular flexibility index (Phi) is 3.52. The molecule has 27 heavy (non-hydrogen) atoms. The number of aromatic amines is 1. The molecule has 1 saturated heterocycles. The van der Waals surface area contributed by atoms with E-state index in [-0.39, 0.29) is 11.8 Å². The molecule has 0 saturated carbocycles. The van der Waals surface area contributed by atoms with Gasteiger partial charge in [0, 0.05) is 19.2 Å². The summed E-state index contributed by atoms with van der Waals surface area (Å²) in [6.07, 6.45) is 4.50. The molecule has 0 atom stereocenters. The van der Waals surface area contributed by atoms with Gasteiger partial charge in [0.25, 0.3) is 0 Å². The Labute approximate surface area is 153 Å². The normalized spacial score (nSPS) is 14.3. The SMILES string of the molecule is O=C(Nc1nc2ccccc2[nH]1)C1CN(c2cc(-n3cncn3)ncn2)C1. The minimum atomic E-state index is -0.122. The van der Waals surface area contributed by atoms with Gasteiger partial charge in [0.2, 0.25) is 11.9 Å². The van der Waals surface area contributed by atoms with Gasteiger partial charge in [-0.05, 0) is 12.1 Å². The fraction of sp³-hybridized carbons (Fsp3) is 0.176. The topological polar surface area (TPSA) is 118 Å². The Morgan fingerprint density at radius 3 is 2.81 bits per heavy atom. The molecule has 134 valence electrons. The van der Waals surface area contributed by atoms with E-state index in [0.717, 1.165) is 16.9 Å². The number of amides is 1. The van der Waals surface area contributed by atoms with Crippen molar-refractivity contribution in [2.75, 3.05) is 23.3 Å². The first-order chi connectivity index (χ1) is 13.3. The van der Waals surface area contributed by atoms with Crippen LogP contribution in [0, 0.1) is 5.92 Å². The summed E-state index contributed by atoms with van der Waals surface area (Å²) in [5.74, 6) is 1.67. The molecule has 1 aliphatic heterocycles. The van der Waals surface area contributed by atoms with E-state index in [1.54, 1.807) is 11.0 Å². The number of fused-ring (bicyclic) bond motifs is 1. The van der Waals surface area contributed by atoms with Crippen LogP contribution in [0.4, 0.5) is 11.8 Å². The van der Waals surface area contributed by atoms with E-state index in [9.17, 15) is 4.79 Å². The molecule has 0 bridgehead atoms. The molecule has 4 heterocycles. The maximum atomic E-state index is 12.4. The summed E-state index contributed by atoms with van der Waals surface area (Å²) < 4.78 is 1.57. The lowest BCUT2D eigenvalue weighted by Crippen LogP contribution is -2.52. The second-order valence-electron chi connectivity index (χ2n) is 6.27. The molecule has 10 heteroatoms. The van der Waals surface area contributed by atoms with E-state index in [1.807, 2.05) is 35.2 Å². The Hall–Kier alpha value is -3.82. The number of hydrogen-bond acceptors (Lipinski definition) is 7. The predicted octanol–water partition coefficient (Wildman–Crippen LogP) is 1.01. The van der Waals surface area contributed by atoms with E-state index in [2.05, 4.69) is 35.3 Å². The first-order valence-corrected chi connectivity index (χ1v) is 8.44. The second kappa shape index (κ2) is 6.16. The lowest BCUT2D eigenvalue weighted by Gasteiger charge is -2.38. The molecule has 10 nitrogen and oxygen atoms in total. The van der Waals surface area contributed by atoms with E-state index in [4.69, 9.17) is 0 Å². The van der Waals surface area contributed by atoms with Gasteiger partial charge in [-0.25, -0.2) is 24.6 Å². The predicted molar refractivity (Wildman–Crippen MR) is 97.4 cm³/mol. The number of anilines is 2. The molecule has 4 aromatic rings. The summed E-state index contributed by atoms with van der Waals surface area (Å²) in [6, 6.07) is 9.47. The van der Waals surface area contributed by atoms with Crippen molar-refractivity contribution < 1.29 is 4.79 Å². The molecular formula is C17H15N9O. The van der Waals surface area contributed by atoms with Gasteiger partial charge in [-0.1, -0.05) is 12.1 Å². The van der Waals surface area contributed by atoms with Crippen molar-refractivity contribution in [1.82, 2.24) is 34.7 Å². The molecule has 1 amide bonds. The highest BCUT2D eigenvalue weighted by molar-refractivity contribution is 5.94. The largest absolute Gasteiger partial charge is 0.355 e. The summed E-state index contributed by atoms with van der Waals surface area (Å²) in [4.78, 5) is 34.3. The summed E-state index contributed by atoms with van der Waals surface area (Å²) in [5.41, 5.74) is 1.72. The third-order valence-electron chi connectivity index (χ3n) is 4.50. The highest BCUT2D eigenvalue weighted by Crippen LogP contribution is 2.24. The number of rotatable bonds is 4. The number of imidazole rings is 1. The number of carbonyl (C=O) groups is 1. The number of para-hydroxylation sites is 2. The molecule has 2 N–H and O–H groups in total. The maximum Gasteiger partial charge on any atom is 0.233 e. The first kappa shape index (κ1) is 15.4. The van der Waals surface area contributed by atoms with Gasteiger partial charge >= 0.3 is 0 Å². The average molecular weight is 361 g/mol. The highest BCUT2D eigenvalue weighted by Gasteiger charge is 2.34. The summed E-state index contributed by atoms with van der Waals surface area (Å²) in [7, 11) is 0. The van der Waals surface area contributed by atoms with Crippen LogP contribution in [0.1, 0.15) is 0 Å². The monoisotopic (exact) mass is 361 g/mol. The van der Waals surface area contributed by atoms with Gasteiger partial charge in [-0.15, -0.1) is 0 Å². The molecule has 0 unspecified atom stereocenters. The van der Waals surface area contributed by atoms with Crippen LogP contribution in [0.25, 0.3) is 16.9 Å². The van der Waals surface area contributed by atoms with Crippen LogP contribution in [0.5, 0.6) is 0 Å². The number of H-pyrrole nitrogens is 1. The third-order valence-corrected chi connectivity index (χ3v) is 4.50. The van der Waals surface area contributed by atoms with Gasteiger partial charge in [0.1, 0.15) is 24.8 Å². The summed E-state index contributed by atoms with van der Waals surface area (Å²) >= 11 is 0. The lowest BCUT2D eigenvalue weighted by molar-refractivity contribution is -0.120. The van der Waals surface area contributed by atoms with Gasteiger partial charge in [-0.3, -0.25) is 10.1 Å². The van der Waals surface area contributed by atoms with Crippen molar-refractivity contribution in [3.8, 4) is 5.82 Å². The van der Waals surface area contributed by atoms with Crippen molar-refractivity contribution >= 4 is 28.7 Å². The van der Waals surface area contributed by atoms with Crippen molar-refractivity contribution in [3.05, 3.63) is 49.3 Å². The van der Waals surface area contributed by atoms with Crippen molar-refractivity contribution in [2.45, 2.75) is 0 Å². The van der Waals surface area contributed by atoms with Crippen LogP contribution in [0.3, 0.4) is 0 Å². The molecule has 0 aliphatic carbocycles. The smallest absolute Gasteiger partial charge is 0.233 e. The zero-order valence-electron chi connectivity index (χ0n) is 14.1. The Morgan fingerprint density at radius 2 is 2.00 bits per heavy atom. The van der Waals surface area contributed by atoms with E-state index >= 15 is 0 Å². The molecule has 1 aromatic carbocycles. The molecule has 5 rings (SSSR count). The molecule has 0 spiro atoms. The van der Waals surface area contributed by atoms with Crippen LogP contribution >= 0.6 is 0 Å². The van der Waals surface area contributed by atoms with E-state index in [1.165, 1.54) is 12.7 Å². The van der Waals surface area contributed by atoms with Crippen LogP contribution < -0.4 is 10.2 Å². The zero-order chi connectivity index (χ0) is 18.2. The second-order valence-corrected chi connectivity index (χ2v) is 6.27. The quantitative estimate of drug-likeness (QED) is 0.557. The number of nitrogens with zero attached hydrogens (tertiary/aromatic N) is 7. The minimum absolute atomic E-state index is 0.0594. The Morgan fingerprint density at radius 1 is 1.15 bits per heavy atom. The molecule has 1 fully saturated rings. The minimum Gasteiger partial charge on any atom is -0.355 e. The molecular weight excluding hydrogens is 346 g/mol. The molecule has 1 aliphatic rings.